The number of rotatable bonds is 5. The Labute approximate surface area is 98.8 Å². The molecule has 5 nitrogen and oxygen atoms in total. The first-order chi connectivity index (χ1) is 7.54. The molecule has 1 aromatic heterocycles. The number of hydrogen-bond acceptors (Lipinski definition) is 4. The van der Waals surface area contributed by atoms with Crippen LogP contribution >= 0.6 is 11.6 Å². The quantitative estimate of drug-likeness (QED) is 0.829. The molecule has 16 heavy (non-hydrogen) atoms. The highest BCUT2D eigenvalue weighted by Gasteiger charge is 2.35. The third kappa shape index (κ3) is 2.61. The largest absolute Gasteiger partial charge is 0.480 e. The van der Waals surface area contributed by atoms with Crippen molar-refractivity contribution in [3.8, 4) is 0 Å². The van der Waals surface area contributed by atoms with E-state index in [0.717, 1.165) is 0 Å². The van der Waals surface area contributed by atoms with Crippen molar-refractivity contribution in [2.75, 3.05) is 5.32 Å². The lowest BCUT2D eigenvalue weighted by molar-refractivity contribution is -0.142. The van der Waals surface area contributed by atoms with Crippen LogP contribution in [0.5, 0.6) is 0 Å². The van der Waals surface area contributed by atoms with E-state index < -0.39 is 11.5 Å². The van der Waals surface area contributed by atoms with Crippen LogP contribution in [0.15, 0.2) is 12.1 Å². The number of carboxylic acid groups (broad SMARTS) is 1. The van der Waals surface area contributed by atoms with E-state index in [1.165, 1.54) is 0 Å². The predicted molar refractivity (Wildman–Crippen MR) is 61.6 cm³/mol. The van der Waals surface area contributed by atoms with E-state index in [9.17, 15) is 9.90 Å². The van der Waals surface area contributed by atoms with E-state index in [4.69, 9.17) is 11.6 Å². The smallest absolute Gasteiger partial charge is 0.329 e. The second-order valence-corrected chi connectivity index (χ2v) is 3.85. The first-order valence-electron chi connectivity index (χ1n) is 5.05. The number of carboxylic acids is 1. The number of aromatic nitrogens is 2. The van der Waals surface area contributed by atoms with Crippen molar-refractivity contribution >= 4 is 23.4 Å². The lowest BCUT2D eigenvalue weighted by Gasteiger charge is -2.28. The second kappa shape index (κ2) is 5.12. The summed E-state index contributed by atoms with van der Waals surface area (Å²) in [5, 5.41) is 19.8. The van der Waals surface area contributed by atoms with Crippen molar-refractivity contribution in [2.24, 2.45) is 0 Å². The fraction of sp³-hybridized carbons (Fsp3) is 0.500. The highest BCUT2D eigenvalue weighted by Crippen LogP contribution is 2.21. The van der Waals surface area contributed by atoms with Gasteiger partial charge < -0.3 is 10.4 Å². The second-order valence-electron chi connectivity index (χ2n) is 3.46. The number of nitrogens with zero attached hydrogens (tertiary/aromatic N) is 2. The molecule has 0 aliphatic rings. The molecule has 0 spiro atoms. The Balaban J connectivity index is 2.91. The standard InChI is InChI=1S/C10H14ClN3O2/c1-3-10(4-2,9(15)16)12-8-6-5-7(11)13-14-8/h5-6H,3-4H2,1-2H3,(H,12,14)(H,15,16). The van der Waals surface area contributed by atoms with Gasteiger partial charge in [0.25, 0.3) is 0 Å². The molecule has 0 aromatic carbocycles. The van der Waals surface area contributed by atoms with E-state index in [1.807, 2.05) is 13.8 Å². The zero-order chi connectivity index (χ0) is 12.2. The lowest BCUT2D eigenvalue weighted by atomic mass is 9.93. The Kier molecular flexibility index (Phi) is 4.06. The highest BCUT2D eigenvalue weighted by atomic mass is 35.5. The summed E-state index contributed by atoms with van der Waals surface area (Å²) in [4.78, 5) is 11.2. The van der Waals surface area contributed by atoms with Gasteiger partial charge >= 0.3 is 5.97 Å². The third-order valence-corrected chi connectivity index (χ3v) is 2.82. The SMILES string of the molecule is CCC(CC)(Nc1ccc(Cl)nn1)C(=O)O. The van der Waals surface area contributed by atoms with Gasteiger partial charge in [0, 0.05) is 0 Å². The van der Waals surface area contributed by atoms with Crippen molar-refractivity contribution in [1.82, 2.24) is 10.2 Å². The molecule has 0 atom stereocenters. The number of hydrogen-bond donors (Lipinski definition) is 2. The first-order valence-corrected chi connectivity index (χ1v) is 5.42. The Hall–Kier alpha value is -1.36. The summed E-state index contributed by atoms with van der Waals surface area (Å²) >= 11 is 5.60. The normalized spacial score (nSPS) is 11.2. The predicted octanol–water partition coefficient (Wildman–Crippen LogP) is 2.19. The molecule has 0 amide bonds. The molecule has 0 saturated carbocycles. The third-order valence-electron chi connectivity index (χ3n) is 2.62. The fourth-order valence-corrected chi connectivity index (χ4v) is 1.51. The van der Waals surface area contributed by atoms with Gasteiger partial charge in [-0.25, -0.2) is 4.79 Å². The minimum Gasteiger partial charge on any atom is -0.480 e. The molecule has 2 N–H and O–H groups in total. The van der Waals surface area contributed by atoms with Crippen LogP contribution in [0.2, 0.25) is 5.15 Å². The maximum atomic E-state index is 11.2. The summed E-state index contributed by atoms with van der Waals surface area (Å²) in [5.41, 5.74) is -0.998. The van der Waals surface area contributed by atoms with E-state index in [0.29, 0.717) is 18.7 Å². The number of carbonyl (C=O) groups is 1. The summed E-state index contributed by atoms with van der Waals surface area (Å²) in [5.74, 6) is -0.482. The molecule has 0 unspecified atom stereocenters. The monoisotopic (exact) mass is 243 g/mol. The van der Waals surface area contributed by atoms with Gasteiger partial charge in [0.15, 0.2) is 5.15 Å². The van der Waals surface area contributed by atoms with Crippen LogP contribution in [0.3, 0.4) is 0 Å². The Morgan fingerprint density at radius 2 is 2.06 bits per heavy atom. The average Bonchev–Trinajstić information content (AvgIpc) is 2.28. The summed E-state index contributed by atoms with van der Waals surface area (Å²) in [6.45, 7) is 3.63. The molecular weight excluding hydrogens is 230 g/mol. The van der Waals surface area contributed by atoms with E-state index in [2.05, 4.69) is 15.5 Å². The van der Waals surface area contributed by atoms with Gasteiger partial charge in [0.2, 0.25) is 0 Å². The summed E-state index contributed by atoms with van der Waals surface area (Å²) in [6, 6.07) is 3.17. The number of halogens is 1. The van der Waals surface area contributed by atoms with Gasteiger partial charge in [-0.05, 0) is 25.0 Å². The van der Waals surface area contributed by atoms with Crippen LogP contribution in [0.4, 0.5) is 5.82 Å². The average molecular weight is 244 g/mol. The molecule has 6 heteroatoms. The molecule has 1 rings (SSSR count). The Morgan fingerprint density at radius 3 is 2.44 bits per heavy atom. The van der Waals surface area contributed by atoms with E-state index >= 15 is 0 Å². The van der Waals surface area contributed by atoms with Gasteiger partial charge in [0.05, 0.1) is 0 Å². The van der Waals surface area contributed by atoms with Gasteiger partial charge in [-0.1, -0.05) is 25.4 Å². The molecule has 1 heterocycles. The van der Waals surface area contributed by atoms with E-state index in [1.54, 1.807) is 12.1 Å². The van der Waals surface area contributed by atoms with Gasteiger partial charge in [-0.2, -0.15) is 0 Å². The number of nitrogens with one attached hydrogen (secondary N) is 1. The minimum atomic E-state index is -0.998. The summed E-state index contributed by atoms with van der Waals surface area (Å²) in [7, 11) is 0. The van der Waals surface area contributed by atoms with Crippen molar-refractivity contribution < 1.29 is 9.90 Å². The van der Waals surface area contributed by atoms with Crippen LogP contribution in [-0.4, -0.2) is 26.8 Å². The van der Waals surface area contributed by atoms with Gasteiger partial charge in [0.1, 0.15) is 11.4 Å². The molecule has 0 bridgehead atoms. The summed E-state index contributed by atoms with van der Waals surface area (Å²) < 4.78 is 0. The van der Waals surface area contributed by atoms with Crippen LogP contribution in [-0.2, 0) is 4.79 Å². The van der Waals surface area contributed by atoms with Crippen LogP contribution in [0.1, 0.15) is 26.7 Å². The van der Waals surface area contributed by atoms with Crippen molar-refractivity contribution in [1.29, 1.82) is 0 Å². The maximum absolute atomic E-state index is 11.2. The fourth-order valence-electron chi connectivity index (χ4n) is 1.41. The molecule has 0 aliphatic heterocycles. The zero-order valence-electron chi connectivity index (χ0n) is 9.20. The molecule has 0 aliphatic carbocycles. The van der Waals surface area contributed by atoms with Crippen LogP contribution in [0, 0.1) is 0 Å². The van der Waals surface area contributed by atoms with E-state index in [-0.39, 0.29) is 5.15 Å². The maximum Gasteiger partial charge on any atom is 0.329 e. The lowest BCUT2D eigenvalue weighted by Crippen LogP contribution is -2.45. The number of aliphatic carboxylic acids is 1. The topological polar surface area (TPSA) is 75.1 Å². The van der Waals surface area contributed by atoms with Gasteiger partial charge in [-0.3, -0.25) is 0 Å². The molecule has 1 aromatic rings. The first kappa shape index (κ1) is 12.7. The molecule has 0 radical (unpaired) electrons. The number of anilines is 1. The summed E-state index contributed by atoms with van der Waals surface area (Å²) in [6.07, 6.45) is 0.923. The zero-order valence-corrected chi connectivity index (χ0v) is 9.95. The minimum absolute atomic E-state index is 0.277. The van der Waals surface area contributed by atoms with Crippen LogP contribution < -0.4 is 5.32 Å². The Bertz CT molecular complexity index is 363. The molecule has 88 valence electrons. The van der Waals surface area contributed by atoms with Crippen molar-refractivity contribution in [2.45, 2.75) is 32.2 Å². The van der Waals surface area contributed by atoms with Crippen LogP contribution in [0.25, 0.3) is 0 Å². The van der Waals surface area contributed by atoms with Gasteiger partial charge in [-0.15, -0.1) is 10.2 Å². The Morgan fingerprint density at radius 1 is 1.44 bits per heavy atom. The van der Waals surface area contributed by atoms with Crippen molar-refractivity contribution in [3.05, 3.63) is 17.3 Å². The molecule has 0 fully saturated rings. The molecular formula is C10H14ClN3O2. The van der Waals surface area contributed by atoms with Crippen molar-refractivity contribution in [3.63, 3.8) is 0 Å². The highest BCUT2D eigenvalue weighted by molar-refractivity contribution is 6.29. The molecule has 0 saturated heterocycles.